The first-order valence-corrected chi connectivity index (χ1v) is 11.3. The Morgan fingerprint density at radius 3 is 2.33 bits per heavy atom. The Hall–Kier alpha value is -4.71. The van der Waals surface area contributed by atoms with Gasteiger partial charge in [0, 0.05) is 11.6 Å². The van der Waals surface area contributed by atoms with Gasteiger partial charge in [0.25, 0.3) is 16.8 Å². The average Bonchev–Trinajstić information content (AvgIpc) is 3.13. The number of benzene rings is 3. The number of thioether (sulfide) groups is 1. The third-order valence-electron chi connectivity index (χ3n) is 4.98. The molecule has 1 fully saturated rings. The average molecular weight is 507 g/mol. The molecule has 0 radical (unpaired) electrons. The van der Waals surface area contributed by atoms with Crippen LogP contribution < -0.4 is 9.47 Å². The Bertz CT molecular complexity index is 1380. The van der Waals surface area contributed by atoms with Crippen LogP contribution in [0, 0.1) is 20.2 Å². The molecule has 4 rings (SSSR count). The van der Waals surface area contributed by atoms with Crippen LogP contribution in [-0.4, -0.2) is 39.0 Å². The van der Waals surface area contributed by atoms with E-state index in [0.29, 0.717) is 11.3 Å². The molecule has 0 aromatic heterocycles. The van der Waals surface area contributed by atoms with E-state index in [4.69, 9.17) is 9.47 Å². The minimum Gasteiger partial charge on any atom is -0.492 e. The summed E-state index contributed by atoms with van der Waals surface area (Å²) >= 11 is 0.755. The number of rotatable bonds is 9. The highest BCUT2D eigenvalue weighted by Crippen LogP contribution is 2.38. The van der Waals surface area contributed by atoms with Crippen LogP contribution in [0.2, 0.25) is 0 Å². The van der Waals surface area contributed by atoms with E-state index in [9.17, 15) is 29.8 Å². The zero-order valence-corrected chi connectivity index (χ0v) is 19.3. The third kappa shape index (κ3) is 5.50. The van der Waals surface area contributed by atoms with E-state index in [-0.39, 0.29) is 29.6 Å². The number of ether oxygens (including phenoxy) is 2. The second-order valence-corrected chi connectivity index (χ2v) is 8.29. The zero-order chi connectivity index (χ0) is 25.7. The Balaban J connectivity index is 1.53. The van der Waals surface area contributed by atoms with Crippen molar-refractivity contribution < 1.29 is 28.9 Å². The monoisotopic (exact) mass is 507 g/mol. The summed E-state index contributed by atoms with van der Waals surface area (Å²) in [6, 6.07) is 18.4. The molecular weight excluding hydrogens is 490 g/mol. The first kappa shape index (κ1) is 24.4. The van der Waals surface area contributed by atoms with Crippen LogP contribution in [-0.2, 0) is 4.79 Å². The van der Waals surface area contributed by atoms with Crippen molar-refractivity contribution in [1.29, 1.82) is 0 Å². The number of hydrogen-bond donors (Lipinski definition) is 0. The zero-order valence-electron chi connectivity index (χ0n) is 18.4. The van der Waals surface area contributed by atoms with Gasteiger partial charge in [-0.1, -0.05) is 36.4 Å². The summed E-state index contributed by atoms with van der Waals surface area (Å²) in [5.74, 6) is 0.0653. The lowest BCUT2D eigenvalue weighted by Gasteiger charge is -2.13. The van der Waals surface area contributed by atoms with Crippen LogP contribution >= 0.6 is 11.8 Å². The van der Waals surface area contributed by atoms with Gasteiger partial charge in [-0.3, -0.25) is 34.7 Å². The van der Waals surface area contributed by atoms with E-state index in [0.717, 1.165) is 34.9 Å². The summed E-state index contributed by atoms with van der Waals surface area (Å²) < 4.78 is 11.3. The summed E-state index contributed by atoms with van der Waals surface area (Å²) in [6.45, 7) is 0.183. The molecule has 0 bridgehead atoms. The molecule has 36 heavy (non-hydrogen) atoms. The Morgan fingerprint density at radius 2 is 1.61 bits per heavy atom. The Labute approximate surface area is 208 Å². The smallest absolute Gasteiger partial charge is 0.318 e. The molecule has 0 unspecified atom stereocenters. The van der Waals surface area contributed by atoms with E-state index in [2.05, 4.69) is 0 Å². The van der Waals surface area contributed by atoms with Gasteiger partial charge >= 0.3 is 5.69 Å². The van der Waals surface area contributed by atoms with Crippen molar-refractivity contribution in [3.05, 3.63) is 103 Å². The predicted molar refractivity (Wildman–Crippen MR) is 131 cm³/mol. The first-order chi connectivity index (χ1) is 17.3. The molecule has 3 aromatic rings. The van der Waals surface area contributed by atoms with Gasteiger partial charge in [0.2, 0.25) is 5.75 Å². The topological polar surface area (TPSA) is 142 Å². The molecule has 0 aliphatic carbocycles. The number of nitro groups is 2. The number of imide groups is 1. The highest BCUT2D eigenvalue weighted by atomic mass is 32.2. The minimum absolute atomic E-state index is 0.0596. The maximum Gasteiger partial charge on any atom is 0.318 e. The van der Waals surface area contributed by atoms with Crippen molar-refractivity contribution in [1.82, 2.24) is 4.90 Å². The first-order valence-electron chi connectivity index (χ1n) is 10.5. The van der Waals surface area contributed by atoms with Gasteiger partial charge in [0.05, 0.1) is 27.4 Å². The molecule has 1 aliphatic heterocycles. The number of carbonyl (C=O) groups is 2. The van der Waals surface area contributed by atoms with E-state index in [1.165, 1.54) is 12.1 Å². The van der Waals surface area contributed by atoms with Crippen LogP contribution in [0.1, 0.15) is 5.56 Å². The normalized spacial score (nSPS) is 14.2. The lowest BCUT2D eigenvalue weighted by molar-refractivity contribution is -0.394. The fraction of sp³-hybridized carbons (Fsp3) is 0.0833. The maximum atomic E-state index is 12.8. The second-order valence-electron chi connectivity index (χ2n) is 7.30. The van der Waals surface area contributed by atoms with Crippen molar-refractivity contribution in [2.45, 2.75) is 0 Å². The molecule has 0 N–H and O–H groups in total. The fourth-order valence-electron chi connectivity index (χ4n) is 3.27. The molecule has 0 saturated carbocycles. The van der Waals surface area contributed by atoms with Gasteiger partial charge in [-0.15, -0.1) is 0 Å². The molecular formula is C24H17N3O8S. The standard InChI is InChI=1S/C24H17N3O8S/c28-23-22(36-24(29)25(23)12-13-34-18-7-2-1-3-8-18)14-16-6-4-5-9-20(16)35-21-11-10-17(26(30)31)15-19(21)27(32)33/h1-11,14-15H,12-13H2/b22-14-. The number of carbonyl (C=O) groups excluding carboxylic acids is 2. The van der Waals surface area contributed by atoms with Gasteiger partial charge < -0.3 is 9.47 Å². The van der Waals surface area contributed by atoms with E-state index < -0.39 is 32.4 Å². The molecule has 2 amide bonds. The van der Waals surface area contributed by atoms with Crippen molar-refractivity contribution >= 4 is 40.4 Å². The SMILES string of the molecule is O=C1S/C(=C\c2ccccc2Oc2ccc([N+](=O)[O-])cc2[N+](=O)[O-])C(=O)N1CCOc1ccccc1. The summed E-state index contributed by atoms with van der Waals surface area (Å²) in [5, 5.41) is 22.0. The van der Waals surface area contributed by atoms with Crippen LogP contribution in [0.15, 0.2) is 77.7 Å². The van der Waals surface area contributed by atoms with E-state index in [1.807, 2.05) is 18.2 Å². The number of nitro benzene ring substituents is 2. The van der Waals surface area contributed by atoms with Gasteiger partial charge in [0.1, 0.15) is 18.1 Å². The Kier molecular flexibility index (Phi) is 7.25. The Morgan fingerprint density at radius 1 is 0.889 bits per heavy atom. The van der Waals surface area contributed by atoms with Crippen molar-refractivity contribution in [3.8, 4) is 17.2 Å². The number of hydrogen-bond acceptors (Lipinski definition) is 9. The highest BCUT2D eigenvalue weighted by Gasteiger charge is 2.35. The summed E-state index contributed by atoms with van der Waals surface area (Å²) in [5.41, 5.74) is -0.652. The molecule has 0 atom stereocenters. The second kappa shape index (κ2) is 10.7. The van der Waals surface area contributed by atoms with Crippen molar-refractivity contribution in [2.75, 3.05) is 13.2 Å². The number of para-hydroxylation sites is 2. The molecule has 12 heteroatoms. The molecule has 3 aromatic carbocycles. The number of non-ortho nitro benzene ring substituents is 1. The van der Waals surface area contributed by atoms with Gasteiger partial charge in [-0.25, -0.2) is 0 Å². The molecule has 11 nitrogen and oxygen atoms in total. The van der Waals surface area contributed by atoms with Crippen LogP contribution in [0.3, 0.4) is 0 Å². The molecule has 182 valence electrons. The lowest BCUT2D eigenvalue weighted by atomic mass is 10.1. The quantitative estimate of drug-likeness (QED) is 0.211. The molecule has 1 aliphatic rings. The molecule has 0 spiro atoms. The molecule has 1 saturated heterocycles. The van der Waals surface area contributed by atoms with Crippen LogP contribution in [0.4, 0.5) is 16.2 Å². The van der Waals surface area contributed by atoms with Gasteiger partial charge in [0.15, 0.2) is 0 Å². The van der Waals surface area contributed by atoms with Crippen LogP contribution in [0.25, 0.3) is 6.08 Å². The van der Waals surface area contributed by atoms with Crippen molar-refractivity contribution in [3.63, 3.8) is 0 Å². The van der Waals surface area contributed by atoms with Gasteiger partial charge in [-0.05, 0) is 42.1 Å². The fourth-order valence-corrected chi connectivity index (χ4v) is 4.12. The largest absolute Gasteiger partial charge is 0.492 e. The maximum absolute atomic E-state index is 12.8. The minimum atomic E-state index is -0.784. The number of amides is 2. The number of nitrogens with zero attached hydrogens (tertiary/aromatic N) is 3. The van der Waals surface area contributed by atoms with Crippen LogP contribution in [0.5, 0.6) is 17.2 Å². The van der Waals surface area contributed by atoms with E-state index in [1.54, 1.807) is 30.3 Å². The van der Waals surface area contributed by atoms with E-state index >= 15 is 0 Å². The predicted octanol–water partition coefficient (Wildman–Crippen LogP) is 5.41. The van der Waals surface area contributed by atoms with Gasteiger partial charge in [-0.2, -0.15) is 0 Å². The third-order valence-corrected chi connectivity index (χ3v) is 5.88. The lowest BCUT2D eigenvalue weighted by Crippen LogP contribution is -2.32. The summed E-state index contributed by atoms with van der Waals surface area (Å²) in [4.78, 5) is 47.4. The molecule has 1 heterocycles. The highest BCUT2D eigenvalue weighted by molar-refractivity contribution is 8.18. The summed E-state index contributed by atoms with van der Waals surface area (Å²) in [7, 11) is 0. The summed E-state index contributed by atoms with van der Waals surface area (Å²) in [6.07, 6.45) is 1.45. The van der Waals surface area contributed by atoms with Crippen molar-refractivity contribution in [2.24, 2.45) is 0 Å².